The van der Waals surface area contributed by atoms with Crippen molar-refractivity contribution in [3.63, 3.8) is 0 Å². The van der Waals surface area contributed by atoms with E-state index >= 15 is 0 Å². The van der Waals surface area contributed by atoms with E-state index in [4.69, 9.17) is 0 Å². The molecule has 0 aliphatic rings. The van der Waals surface area contributed by atoms with Gasteiger partial charge in [0.1, 0.15) is 6.54 Å². The minimum atomic E-state index is -3.88. The van der Waals surface area contributed by atoms with Crippen molar-refractivity contribution in [3.8, 4) is 5.69 Å². The standard InChI is InChI=1S/C24H27N5O5S/c1-16-9-17(2)11-23(10-16)28-18(3)12-20(19(28)4)14-25-26-24(30)15-27(35(5,33)34)21-7-6-8-22(13-21)29(31)32/h6-14H,15H2,1-5H3,(H,26,30)/b25-14-. The molecule has 0 unspecified atom stereocenters. The van der Waals surface area contributed by atoms with Crippen LogP contribution in [0.4, 0.5) is 11.4 Å². The summed E-state index contributed by atoms with van der Waals surface area (Å²) in [6, 6.07) is 13.3. The van der Waals surface area contributed by atoms with Gasteiger partial charge in [-0.15, -0.1) is 0 Å². The number of benzene rings is 2. The first-order chi connectivity index (χ1) is 16.4. The van der Waals surface area contributed by atoms with E-state index in [0.29, 0.717) is 0 Å². The summed E-state index contributed by atoms with van der Waals surface area (Å²) in [7, 11) is -3.88. The first-order valence-electron chi connectivity index (χ1n) is 10.7. The lowest BCUT2D eigenvalue weighted by molar-refractivity contribution is -0.384. The van der Waals surface area contributed by atoms with E-state index in [1.165, 1.54) is 24.4 Å². The lowest BCUT2D eigenvalue weighted by Gasteiger charge is -2.21. The van der Waals surface area contributed by atoms with Gasteiger partial charge >= 0.3 is 0 Å². The van der Waals surface area contributed by atoms with Crippen molar-refractivity contribution in [2.24, 2.45) is 5.10 Å². The predicted octanol–water partition coefficient (Wildman–Crippen LogP) is 3.54. The second kappa shape index (κ2) is 10.1. The van der Waals surface area contributed by atoms with Gasteiger partial charge in [-0.2, -0.15) is 5.10 Å². The lowest BCUT2D eigenvalue weighted by Crippen LogP contribution is -2.39. The highest BCUT2D eigenvalue weighted by atomic mass is 32.2. The van der Waals surface area contributed by atoms with Gasteiger partial charge in [-0.05, 0) is 63.1 Å². The Labute approximate surface area is 204 Å². The highest BCUT2D eigenvalue weighted by Crippen LogP contribution is 2.23. The molecule has 35 heavy (non-hydrogen) atoms. The monoisotopic (exact) mass is 497 g/mol. The maximum atomic E-state index is 12.5. The lowest BCUT2D eigenvalue weighted by atomic mass is 10.1. The molecule has 1 amide bonds. The summed E-state index contributed by atoms with van der Waals surface area (Å²) in [5.41, 5.74) is 8.11. The van der Waals surface area contributed by atoms with Gasteiger partial charge < -0.3 is 4.57 Å². The smallest absolute Gasteiger partial charge is 0.271 e. The fraction of sp³-hybridized carbons (Fsp3) is 0.250. The van der Waals surface area contributed by atoms with E-state index < -0.39 is 27.4 Å². The number of carbonyl (C=O) groups excluding carboxylic acids is 1. The largest absolute Gasteiger partial charge is 0.318 e. The Hall–Kier alpha value is -3.99. The van der Waals surface area contributed by atoms with Gasteiger partial charge in [-0.1, -0.05) is 12.1 Å². The number of rotatable bonds is 8. The summed E-state index contributed by atoms with van der Waals surface area (Å²) < 4.78 is 27.4. The number of hydrazone groups is 1. The van der Waals surface area contributed by atoms with Crippen LogP contribution in [0.2, 0.25) is 0 Å². The molecular formula is C24H27N5O5S. The van der Waals surface area contributed by atoms with Crippen LogP contribution < -0.4 is 9.73 Å². The Kier molecular flexibility index (Phi) is 7.39. The van der Waals surface area contributed by atoms with Crippen molar-refractivity contribution in [2.75, 3.05) is 17.1 Å². The summed E-state index contributed by atoms with van der Waals surface area (Å²) >= 11 is 0. The van der Waals surface area contributed by atoms with Gasteiger partial charge in [0.15, 0.2) is 0 Å². The van der Waals surface area contributed by atoms with Crippen LogP contribution in [0.15, 0.2) is 53.6 Å². The van der Waals surface area contributed by atoms with Gasteiger partial charge in [0.05, 0.1) is 23.1 Å². The van der Waals surface area contributed by atoms with Crippen LogP contribution in [0.3, 0.4) is 0 Å². The van der Waals surface area contributed by atoms with E-state index in [-0.39, 0.29) is 11.4 Å². The third-order valence-corrected chi connectivity index (χ3v) is 6.48. The average molecular weight is 498 g/mol. The molecule has 1 aromatic heterocycles. The van der Waals surface area contributed by atoms with E-state index in [1.807, 2.05) is 33.8 Å². The first-order valence-corrected chi connectivity index (χ1v) is 12.5. The van der Waals surface area contributed by atoms with Gasteiger partial charge in [0.25, 0.3) is 11.6 Å². The van der Waals surface area contributed by atoms with Crippen LogP contribution in [-0.4, -0.2) is 42.8 Å². The zero-order chi connectivity index (χ0) is 25.9. The second-order valence-corrected chi connectivity index (χ2v) is 10.3. The van der Waals surface area contributed by atoms with Crippen molar-refractivity contribution < 1.29 is 18.1 Å². The van der Waals surface area contributed by atoms with Crippen molar-refractivity contribution in [1.82, 2.24) is 9.99 Å². The summed E-state index contributed by atoms with van der Waals surface area (Å²) in [5.74, 6) is -0.693. The van der Waals surface area contributed by atoms with E-state index in [1.54, 1.807) is 0 Å². The summed E-state index contributed by atoms with van der Waals surface area (Å²) in [4.78, 5) is 22.9. The molecule has 0 saturated heterocycles. The van der Waals surface area contributed by atoms with E-state index in [0.717, 1.165) is 50.4 Å². The SMILES string of the molecule is Cc1cc(C)cc(-n2c(C)cc(/C=N\NC(=O)CN(c3cccc([N+](=O)[O-])c3)S(C)(=O)=O)c2C)c1. The molecule has 0 aliphatic carbocycles. The van der Waals surface area contributed by atoms with Crippen molar-refractivity contribution >= 4 is 33.5 Å². The molecule has 0 spiro atoms. The average Bonchev–Trinajstić information content (AvgIpc) is 3.03. The Morgan fingerprint density at radius 3 is 2.37 bits per heavy atom. The molecule has 0 bridgehead atoms. The highest BCUT2D eigenvalue weighted by Gasteiger charge is 2.22. The zero-order valence-electron chi connectivity index (χ0n) is 20.1. The van der Waals surface area contributed by atoms with Crippen LogP contribution >= 0.6 is 0 Å². The minimum absolute atomic E-state index is 0.0119. The second-order valence-electron chi connectivity index (χ2n) is 8.35. The van der Waals surface area contributed by atoms with Crippen LogP contribution in [0.1, 0.15) is 28.1 Å². The first kappa shape index (κ1) is 25.6. The van der Waals surface area contributed by atoms with Crippen LogP contribution in [0, 0.1) is 37.8 Å². The normalized spacial score (nSPS) is 11.6. The quantitative estimate of drug-likeness (QED) is 0.289. The molecule has 0 atom stereocenters. The molecule has 0 radical (unpaired) electrons. The molecule has 3 aromatic rings. The van der Waals surface area contributed by atoms with Crippen molar-refractivity contribution in [2.45, 2.75) is 27.7 Å². The molecule has 10 nitrogen and oxygen atoms in total. The van der Waals surface area contributed by atoms with Crippen LogP contribution in [-0.2, 0) is 14.8 Å². The van der Waals surface area contributed by atoms with Gasteiger partial charge in [0, 0.05) is 34.8 Å². The predicted molar refractivity (Wildman–Crippen MR) is 136 cm³/mol. The number of hydrogen-bond donors (Lipinski definition) is 1. The fourth-order valence-corrected chi connectivity index (χ4v) is 4.74. The number of nitrogens with zero attached hydrogens (tertiary/aromatic N) is 4. The van der Waals surface area contributed by atoms with Gasteiger partial charge in [-0.3, -0.25) is 19.2 Å². The Morgan fingerprint density at radius 2 is 1.77 bits per heavy atom. The van der Waals surface area contributed by atoms with Crippen LogP contribution in [0.25, 0.3) is 5.69 Å². The molecule has 0 aliphatic heterocycles. The van der Waals surface area contributed by atoms with Gasteiger partial charge in [-0.25, -0.2) is 13.8 Å². The molecule has 1 N–H and O–H groups in total. The number of non-ortho nitro benzene ring substituents is 1. The number of anilines is 1. The molecule has 184 valence electrons. The zero-order valence-corrected chi connectivity index (χ0v) is 21.0. The van der Waals surface area contributed by atoms with Crippen LogP contribution in [0.5, 0.6) is 0 Å². The number of aryl methyl sites for hydroxylation is 3. The van der Waals surface area contributed by atoms with Crippen molar-refractivity contribution in [3.05, 3.63) is 86.7 Å². The summed E-state index contributed by atoms with van der Waals surface area (Å²) in [5, 5.41) is 15.0. The number of amides is 1. The maximum absolute atomic E-state index is 12.5. The maximum Gasteiger partial charge on any atom is 0.271 e. The van der Waals surface area contributed by atoms with E-state index in [9.17, 15) is 23.3 Å². The molecule has 2 aromatic carbocycles. The third-order valence-electron chi connectivity index (χ3n) is 5.34. The number of nitro groups is 1. The van der Waals surface area contributed by atoms with Crippen molar-refractivity contribution in [1.29, 1.82) is 0 Å². The Balaban J connectivity index is 1.78. The third kappa shape index (κ3) is 6.12. The Morgan fingerprint density at radius 1 is 1.11 bits per heavy atom. The van der Waals surface area contributed by atoms with Gasteiger partial charge in [0.2, 0.25) is 10.0 Å². The number of nitro benzene ring substituents is 1. The molecule has 11 heteroatoms. The molecular weight excluding hydrogens is 470 g/mol. The molecule has 0 saturated carbocycles. The fourth-order valence-electron chi connectivity index (χ4n) is 3.90. The molecule has 3 rings (SSSR count). The summed E-state index contributed by atoms with van der Waals surface area (Å²) in [6.07, 6.45) is 2.42. The summed E-state index contributed by atoms with van der Waals surface area (Å²) in [6.45, 7) is 7.41. The number of carbonyl (C=O) groups is 1. The highest BCUT2D eigenvalue weighted by molar-refractivity contribution is 7.92. The Bertz CT molecular complexity index is 1410. The number of hydrogen-bond acceptors (Lipinski definition) is 6. The van der Waals surface area contributed by atoms with E-state index in [2.05, 4.69) is 33.3 Å². The number of nitrogens with one attached hydrogen (secondary N) is 1. The number of sulfonamides is 1. The number of aromatic nitrogens is 1. The topological polar surface area (TPSA) is 127 Å². The minimum Gasteiger partial charge on any atom is -0.318 e. The molecule has 0 fully saturated rings. The molecule has 1 heterocycles.